The van der Waals surface area contributed by atoms with Gasteiger partial charge in [-0.15, -0.1) is 0 Å². The van der Waals surface area contributed by atoms with Gasteiger partial charge in [-0.25, -0.2) is 14.8 Å². The summed E-state index contributed by atoms with van der Waals surface area (Å²) >= 11 is 6.05. The molecule has 1 fully saturated rings. The number of nitrogens with zero attached hydrogens (tertiary/aromatic N) is 4. The van der Waals surface area contributed by atoms with Crippen molar-refractivity contribution in [1.82, 2.24) is 14.9 Å². The summed E-state index contributed by atoms with van der Waals surface area (Å²) in [4.78, 5) is 26.1. The van der Waals surface area contributed by atoms with Gasteiger partial charge in [-0.3, -0.25) is 4.90 Å². The van der Waals surface area contributed by atoms with Crippen LogP contribution in [0, 0.1) is 0 Å². The molecule has 1 aliphatic rings. The number of esters is 1. The molecule has 0 unspecified atom stereocenters. The Hall–Kier alpha value is -3.16. The molecule has 3 heterocycles. The van der Waals surface area contributed by atoms with Gasteiger partial charge in [0.1, 0.15) is 23.5 Å². The molecule has 0 bridgehead atoms. The highest BCUT2D eigenvalue weighted by Gasteiger charge is 2.32. The minimum atomic E-state index is -0.467. The van der Waals surface area contributed by atoms with Crippen molar-refractivity contribution in [3.8, 4) is 0 Å². The molecule has 0 amide bonds. The van der Waals surface area contributed by atoms with Crippen LogP contribution in [0.4, 0.5) is 5.82 Å². The standard InChI is InChI=1S/C24H23ClN4O3/c1-2-31-24(30)21(16-7-9-17(25)10-8-16)28-11-13-29(14-12-28)23-22-20(26-15-27-23)18-5-3-4-6-19(18)32-22/h3-10,15,21H,2,11-14H2,1H3/t21-/m0/s1. The molecule has 2 aromatic heterocycles. The zero-order chi connectivity index (χ0) is 22.1. The number of carbonyl (C=O) groups is 1. The second-order valence-electron chi connectivity index (χ2n) is 7.70. The van der Waals surface area contributed by atoms with Gasteiger partial charge in [-0.1, -0.05) is 35.9 Å². The number of para-hydroxylation sites is 1. The molecule has 2 aromatic carbocycles. The van der Waals surface area contributed by atoms with Crippen LogP contribution in [-0.4, -0.2) is 53.6 Å². The fourth-order valence-electron chi connectivity index (χ4n) is 4.29. The molecule has 5 rings (SSSR count). The van der Waals surface area contributed by atoms with Gasteiger partial charge < -0.3 is 14.1 Å². The van der Waals surface area contributed by atoms with Gasteiger partial charge in [0, 0.05) is 36.6 Å². The van der Waals surface area contributed by atoms with E-state index < -0.39 is 6.04 Å². The Morgan fingerprint density at radius 2 is 1.84 bits per heavy atom. The molecule has 32 heavy (non-hydrogen) atoms. The van der Waals surface area contributed by atoms with Crippen LogP contribution >= 0.6 is 11.6 Å². The fourth-order valence-corrected chi connectivity index (χ4v) is 4.42. The smallest absolute Gasteiger partial charge is 0.328 e. The van der Waals surface area contributed by atoms with E-state index in [9.17, 15) is 4.79 Å². The first-order valence-electron chi connectivity index (χ1n) is 10.7. The van der Waals surface area contributed by atoms with Crippen LogP contribution in [-0.2, 0) is 9.53 Å². The summed E-state index contributed by atoms with van der Waals surface area (Å²) in [5.41, 5.74) is 3.19. The van der Waals surface area contributed by atoms with Crippen LogP contribution in [0.1, 0.15) is 18.5 Å². The third-order valence-corrected chi connectivity index (χ3v) is 6.07. The largest absolute Gasteiger partial charge is 0.465 e. The van der Waals surface area contributed by atoms with Crippen LogP contribution in [0.3, 0.4) is 0 Å². The topological polar surface area (TPSA) is 71.7 Å². The Bertz CT molecular complexity index is 1250. The van der Waals surface area contributed by atoms with E-state index in [-0.39, 0.29) is 5.97 Å². The lowest BCUT2D eigenvalue weighted by atomic mass is 10.0. The summed E-state index contributed by atoms with van der Waals surface area (Å²) in [6.07, 6.45) is 1.58. The van der Waals surface area contributed by atoms with Crippen LogP contribution in [0.5, 0.6) is 0 Å². The SMILES string of the molecule is CCOC(=O)[C@H](c1ccc(Cl)cc1)N1CCN(c2ncnc3c2oc2ccccc23)CC1. The maximum Gasteiger partial charge on any atom is 0.328 e. The summed E-state index contributed by atoms with van der Waals surface area (Å²) in [6, 6.07) is 14.8. The van der Waals surface area contributed by atoms with Crippen molar-refractivity contribution in [2.75, 3.05) is 37.7 Å². The highest BCUT2D eigenvalue weighted by Crippen LogP contribution is 2.33. The average Bonchev–Trinajstić information content (AvgIpc) is 3.20. The van der Waals surface area contributed by atoms with Gasteiger partial charge in [0.2, 0.25) is 0 Å². The Balaban J connectivity index is 1.40. The van der Waals surface area contributed by atoms with Crippen molar-refractivity contribution in [3.05, 3.63) is 65.4 Å². The third kappa shape index (κ3) is 3.78. The summed E-state index contributed by atoms with van der Waals surface area (Å²) in [5.74, 6) is 0.537. The summed E-state index contributed by atoms with van der Waals surface area (Å²) in [7, 11) is 0. The van der Waals surface area contributed by atoms with E-state index >= 15 is 0 Å². The number of furan rings is 1. The number of hydrogen-bond donors (Lipinski definition) is 0. The van der Waals surface area contributed by atoms with Crippen molar-refractivity contribution < 1.29 is 13.9 Å². The molecular weight excluding hydrogens is 428 g/mol. The molecule has 0 spiro atoms. The van der Waals surface area contributed by atoms with Crippen LogP contribution in [0.2, 0.25) is 5.02 Å². The molecule has 4 aromatic rings. The minimum Gasteiger partial charge on any atom is -0.465 e. The number of rotatable bonds is 5. The Labute approximate surface area is 190 Å². The van der Waals surface area contributed by atoms with Gasteiger partial charge in [-0.05, 0) is 36.8 Å². The minimum absolute atomic E-state index is 0.245. The zero-order valence-electron chi connectivity index (χ0n) is 17.7. The van der Waals surface area contributed by atoms with Crippen LogP contribution < -0.4 is 4.90 Å². The number of carbonyl (C=O) groups excluding carboxylic acids is 1. The maximum atomic E-state index is 12.8. The molecular formula is C24H23ClN4O3. The Morgan fingerprint density at radius 3 is 2.59 bits per heavy atom. The van der Waals surface area contributed by atoms with E-state index in [4.69, 9.17) is 20.8 Å². The number of piperazine rings is 1. The van der Waals surface area contributed by atoms with Crippen molar-refractivity contribution in [2.45, 2.75) is 13.0 Å². The van der Waals surface area contributed by atoms with Crippen molar-refractivity contribution in [2.24, 2.45) is 0 Å². The monoisotopic (exact) mass is 450 g/mol. The summed E-state index contributed by atoms with van der Waals surface area (Å²) in [5, 5.41) is 1.62. The van der Waals surface area contributed by atoms with Crippen LogP contribution in [0.15, 0.2) is 59.3 Å². The first kappa shape index (κ1) is 20.7. The van der Waals surface area contributed by atoms with E-state index in [1.165, 1.54) is 0 Å². The van der Waals surface area contributed by atoms with Crippen molar-refractivity contribution >= 4 is 45.5 Å². The molecule has 1 saturated heterocycles. The fraction of sp³-hybridized carbons (Fsp3) is 0.292. The molecule has 0 radical (unpaired) electrons. The predicted molar refractivity (Wildman–Crippen MR) is 124 cm³/mol. The van der Waals surface area contributed by atoms with E-state index in [2.05, 4.69) is 19.8 Å². The second kappa shape index (κ2) is 8.76. The van der Waals surface area contributed by atoms with Gasteiger partial charge in [0.25, 0.3) is 0 Å². The highest BCUT2D eigenvalue weighted by atomic mass is 35.5. The predicted octanol–water partition coefficient (Wildman–Crippen LogP) is 4.46. The maximum absolute atomic E-state index is 12.8. The van der Waals surface area contributed by atoms with Gasteiger partial charge in [0.05, 0.1) is 6.61 Å². The molecule has 1 atom stereocenters. The molecule has 0 N–H and O–H groups in total. The Morgan fingerprint density at radius 1 is 1.09 bits per heavy atom. The van der Waals surface area contributed by atoms with Crippen molar-refractivity contribution in [1.29, 1.82) is 0 Å². The lowest BCUT2D eigenvalue weighted by molar-refractivity contribution is -0.150. The van der Waals surface area contributed by atoms with Gasteiger partial charge >= 0.3 is 5.97 Å². The highest BCUT2D eigenvalue weighted by molar-refractivity contribution is 6.30. The summed E-state index contributed by atoms with van der Waals surface area (Å²) in [6.45, 7) is 4.92. The number of hydrogen-bond acceptors (Lipinski definition) is 7. The molecule has 1 aliphatic heterocycles. The van der Waals surface area contributed by atoms with Crippen molar-refractivity contribution in [3.63, 3.8) is 0 Å². The third-order valence-electron chi connectivity index (χ3n) is 5.81. The molecule has 164 valence electrons. The Kier molecular flexibility index (Phi) is 5.68. The zero-order valence-corrected chi connectivity index (χ0v) is 18.5. The number of aromatic nitrogens is 2. The molecule has 0 aliphatic carbocycles. The van der Waals surface area contributed by atoms with E-state index in [0.717, 1.165) is 27.9 Å². The van der Waals surface area contributed by atoms with E-state index in [1.807, 2.05) is 43.3 Å². The number of benzene rings is 2. The van der Waals surface area contributed by atoms with Gasteiger partial charge in [0.15, 0.2) is 11.4 Å². The number of ether oxygens (including phenoxy) is 1. The first-order valence-corrected chi connectivity index (χ1v) is 11.1. The first-order chi connectivity index (χ1) is 15.7. The molecule has 7 nitrogen and oxygen atoms in total. The normalized spacial score (nSPS) is 15.9. The lowest BCUT2D eigenvalue weighted by Gasteiger charge is -2.38. The van der Waals surface area contributed by atoms with Gasteiger partial charge in [-0.2, -0.15) is 0 Å². The molecule has 8 heteroatoms. The second-order valence-corrected chi connectivity index (χ2v) is 8.14. The van der Waals surface area contributed by atoms with Crippen LogP contribution in [0.25, 0.3) is 22.1 Å². The number of halogens is 1. The number of anilines is 1. The average molecular weight is 451 g/mol. The number of fused-ring (bicyclic) bond motifs is 3. The molecule has 0 saturated carbocycles. The van der Waals surface area contributed by atoms with E-state index in [1.54, 1.807) is 18.5 Å². The quantitative estimate of drug-likeness (QED) is 0.416. The summed E-state index contributed by atoms with van der Waals surface area (Å²) < 4.78 is 11.5. The lowest BCUT2D eigenvalue weighted by Crippen LogP contribution is -2.49. The van der Waals surface area contributed by atoms with E-state index in [0.29, 0.717) is 43.4 Å².